The third-order valence-corrected chi connectivity index (χ3v) is 3.43. The summed E-state index contributed by atoms with van der Waals surface area (Å²) in [6.45, 7) is 0.425. The minimum Gasteiger partial charge on any atom is -0.496 e. The van der Waals surface area contributed by atoms with E-state index in [4.69, 9.17) is 22.1 Å². The number of carbonyl (C=O) groups is 1. The van der Waals surface area contributed by atoms with E-state index in [1.165, 1.54) is 0 Å². The first-order chi connectivity index (χ1) is 10.0. The average Bonchev–Trinajstić information content (AvgIpc) is 2.49. The van der Waals surface area contributed by atoms with Gasteiger partial charge in [-0.05, 0) is 24.3 Å². The number of ether oxygens (including phenoxy) is 1. The smallest absolute Gasteiger partial charge is 0.256 e. The molecule has 0 aromatic heterocycles. The molecule has 5 heteroatoms. The first-order valence-corrected chi connectivity index (χ1v) is 6.83. The second-order valence-corrected chi connectivity index (χ2v) is 5.14. The molecule has 0 bridgehead atoms. The van der Waals surface area contributed by atoms with Crippen molar-refractivity contribution in [1.82, 2.24) is 4.90 Å². The fourth-order valence-corrected chi connectivity index (χ4v) is 2.25. The molecule has 0 saturated heterocycles. The van der Waals surface area contributed by atoms with E-state index in [9.17, 15) is 4.79 Å². The molecule has 0 spiro atoms. The highest BCUT2D eigenvalue weighted by molar-refractivity contribution is 6.31. The lowest BCUT2D eigenvalue weighted by Gasteiger charge is -2.19. The van der Waals surface area contributed by atoms with Crippen molar-refractivity contribution in [2.75, 3.05) is 19.9 Å². The maximum atomic E-state index is 12.5. The van der Waals surface area contributed by atoms with E-state index in [1.54, 1.807) is 37.3 Å². The number of hydrogen-bond donors (Lipinski definition) is 1. The molecule has 0 radical (unpaired) electrons. The molecule has 0 unspecified atom stereocenters. The number of benzene rings is 2. The summed E-state index contributed by atoms with van der Waals surface area (Å²) in [4.78, 5) is 14.1. The molecule has 0 aliphatic carbocycles. The highest BCUT2D eigenvalue weighted by Crippen LogP contribution is 2.22. The van der Waals surface area contributed by atoms with Crippen LogP contribution < -0.4 is 10.5 Å². The van der Waals surface area contributed by atoms with Crippen LogP contribution in [0.4, 0.5) is 5.69 Å². The van der Waals surface area contributed by atoms with E-state index in [0.29, 0.717) is 22.8 Å². The molecule has 0 aliphatic rings. The Morgan fingerprint density at radius 2 is 2.00 bits per heavy atom. The lowest BCUT2D eigenvalue weighted by molar-refractivity contribution is 0.0785. The lowest BCUT2D eigenvalue weighted by Crippen LogP contribution is -2.27. The van der Waals surface area contributed by atoms with E-state index in [2.05, 4.69) is 0 Å². The molecular weight excluding hydrogens is 288 g/mol. The van der Waals surface area contributed by atoms with Crippen LogP contribution in [-0.2, 0) is 6.54 Å². The summed E-state index contributed by atoms with van der Waals surface area (Å²) in [6.07, 6.45) is 0. The number of amides is 1. The zero-order valence-electron chi connectivity index (χ0n) is 12.0. The standard InChI is InChI=1S/C16H17ClN2O2/c1-19(10-11-5-3-4-6-15(11)21-2)16(20)13-9-12(17)7-8-14(13)18/h3-9H,10,18H2,1-2H3. The van der Waals surface area contributed by atoms with Crippen LogP contribution in [0.3, 0.4) is 0 Å². The third kappa shape index (κ3) is 3.47. The summed E-state index contributed by atoms with van der Waals surface area (Å²) in [6, 6.07) is 12.5. The minimum absolute atomic E-state index is 0.180. The van der Waals surface area contributed by atoms with Crippen molar-refractivity contribution in [2.45, 2.75) is 6.54 Å². The van der Waals surface area contributed by atoms with Crippen LogP contribution in [0, 0.1) is 0 Å². The molecule has 2 aromatic carbocycles. The second-order valence-electron chi connectivity index (χ2n) is 4.70. The third-order valence-electron chi connectivity index (χ3n) is 3.19. The lowest BCUT2D eigenvalue weighted by atomic mass is 10.1. The number of carbonyl (C=O) groups excluding carboxylic acids is 1. The predicted octanol–water partition coefficient (Wildman–Crippen LogP) is 3.20. The highest BCUT2D eigenvalue weighted by Gasteiger charge is 2.16. The topological polar surface area (TPSA) is 55.6 Å². The fraction of sp³-hybridized carbons (Fsp3) is 0.188. The van der Waals surface area contributed by atoms with Crippen molar-refractivity contribution in [2.24, 2.45) is 0 Å². The molecule has 0 fully saturated rings. The molecule has 0 saturated carbocycles. The summed E-state index contributed by atoms with van der Waals surface area (Å²) >= 11 is 5.93. The number of nitrogens with zero attached hydrogens (tertiary/aromatic N) is 1. The Balaban J connectivity index is 2.22. The summed E-state index contributed by atoms with van der Waals surface area (Å²) < 4.78 is 5.29. The molecule has 2 N–H and O–H groups in total. The van der Waals surface area contributed by atoms with Crippen LogP contribution in [0.2, 0.25) is 5.02 Å². The minimum atomic E-state index is -0.180. The second kappa shape index (κ2) is 6.50. The summed E-state index contributed by atoms with van der Waals surface area (Å²) in [5, 5.41) is 0.484. The summed E-state index contributed by atoms with van der Waals surface area (Å²) in [5.74, 6) is 0.567. The molecule has 2 aromatic rings. The van der Waals surface area contributed by atoms with Crippen LogP contribution >= 0.6 is 11.6 Å². The van der Waals surface area contributed by atoms with Crippen molar-refractivity contribution in [3.05, 3.63) is 58.6 Å². The van der Waals surface area contributed by atoms with Gasteiger partial charge in [-0.15, -0.1) is 0 Å². The van der Waals surface area contributed by atoms with Gasteiger partial charge < -0.3 is 15.4 Å². The summed E-state index contributed by atoms with van der Waals surface area (Å²) in [7, 11) is 3.32. The van der Waals surface area contributed by atoms with Gasteiger partial charge in [-0.2, -0.15) is 0 Å². The van der Waals surface area contributed by atoms with Crippen molar-refractivity contribution < 1.29 is 9.53 Å². The Labute approximate surface area is 129 Å². The van der Waals surface area contributed by atoms with Crippen LogP contribution in [0.5, 0.6) is 5.75 Å². The van der Waals surface area contributed by atoms with E-state index < -0.39 is 0 Å². The molecule has 0 aliphatic heterocycles. The largest absolute Gasteiger partial charge is 0.496 e. The Morgan fingerprint density at radius 1 is 1.29 bits per heavy atom. The predicted molar refractivity (Wildman–Crippen MR) is 84.7 cm³/mol. The van der Waals surface area contributed by atoms with E-state index in [1.807, 2.05) is 24.3 Å². The summed E-state index contributed by atoms with van der Waals surface area (Å²) in [5.41, 5.74) is 7.59. The SMILES string of the molecule is COc1ccccc1CN(C)C(=O)c1cc(Cl)ccc1N. The van der Waals surface area contributed by atoms with Crippen molar-refractivity contribution >= 4 is 23.2 Å². The van der Waals surface area contributed by atoms with Gasteiger partial charge in [0.05, 0.1) is 12.7 Å². The van der Waals surface area contributed by atoms with Gasteiger partial charge >= 0.3 is 0 Å². The zero-order chi connectivity index (χ0) is 15.4. The first-order valence-electron chi connectivity index (χ1n) is 6.45. The number of methoxy groups -OCH3 is 1. The Morgan fingerprint density at radius 3 is 2.71 bits per heavy atom. The van der Waals surface area contributed by atoms with E-state index in [-0.39, 0.29) is 5.91 Å². The van der Waals surface area contributed by atoms with Crippen molar-refractivity contribution in [1.29, 1.82) is 0 Å². The monoisotopic (exact) mass is 304 g/mol. The molecular formula is C16H17ClN2O2. The average molecular weight is 305 g/mol. The van der Waals surface area contributed by atoms with Gasteiger partial charge in [0.1, 0.15) is 5.75 Å². The molecule has 1 amide bonds. The van der Waals surface area contributed by atoms with Crippen molar-refractivity contribution in [3.8, 4) is 5.75 Å². The number of rotatable bonds is 4. The molecule has 0 atom stereocenters. The number of nitrogen functional groups attached to an aromatic ring is 1. The molecule has 110 valence electrons. The Kier molecular flexibility index (Phi) is 4.70. The van der Waals surface area contributed by atoms with Gasteiger partial charge in [0.25, 0.3) is 5.91 Å². The maximum Gasteiger partial charge on any atom is 0.256 e. The van der Waals surface area contributed by atoms with Crippen LogP contribution in [0.25, 0.3) is 0 Å². The zero-order valence-corrected chi connectivity index (χ0v) is 12.7. The first kappa shape index (κ1) is 15.2. The van der Waals surface area contributed by atoms with Gasteiger partial charge in [0.15, 0.2) is 0 Å². The van der Waals surface area contributed by atoms with Gasteiger partial charge in [0.2, 0.25) is 0 Å². The number of halogens is 1. The van der Waals surface area contributed by atoms with Crippen LogP contribution in [-0.4, -0.2) is 25.0 Å². The van der Waals surface area contributed by atoms with Crippen molar-refractivity contribution in [3.63, 3.8) is 0 Å². The van der Waals surface area contributed by atoms with Gasteiger partial charge in [0, 0.05) is 29.9 Å². The molecule has 21 heavy (non-hydrogen) atoms. The highest BCUT2D eigenvalue weighted by atomic mass is 35.5. The van der Waals surface area contributed by atoms with Gasteiger partial charge in [-0.1, -0.05) is 29.8 Å². The quantitative estimate of drug-likeness (QED) is 0.883. The van der Waals surface area contributed by atoms with Crippen LogP contribution in [0.1, 0.15) is 15.9 Å². The molecule has 4 nitrogen and oxygen atoms in total. The Hall–Kier alpha value is -2.20. The van der Waals surface area contributed by atoms with Gasteiger partial charge in [-0.3, -0.25) is 4.79 Å². The fourth-order valence-electron chi connectivity index (χ4n) is 2.08. The number of nitrogens with two attached hydrogens (primary N) is 1. The number of anilines is 1. The van der Waals surface area contributed by atoms with E-state index in [0.717, 1.165) is 11.3 Å². The molecule has 0 heterocycles. The number of para-hydroxylation sites is 1. The van der Waals surface area contributed by atoms with Crippen LogP contribution in [0.15, 0.2) is 42.5 Å². The van der Waals surface area contributed by atoms with Gasteiger partial charge in [-0.25, -0.2) is 0 Å². The normalized spacial score (nSPS) is 10.2. The van der Waals surface area contributed by atoms with E-state index >= 15 is 0 Å². The maximum absolute atomic E-state index is 12.5. The molecule has 2 rings (SSSR count). The Bertz CT molecular complexity index is 658. The number of hydrogen-bond acceptors (Lipinski definition) is 3.